The molecule has 5 nitrogen and oxygen atoms in total. The molecule has 0 spiro atoms. The first-order valence-electron chi connectivity index (χ1n) is 7.13. The van der Waals surface area contributed by atoms with Crippen molar-refractivity contribution in [3.8, 4) is 0 Å². The molecule has 1 aromatic carbocycles. The van der Waals surface area contributed by atoms with Gasteiger partial charge in [0.2, 0.25) is 0 Å². The fourth-order valence-electron chi connectivity index (χ4n) is 1.92. The van der Waals surface area contributed by atoms with E-state index in [0.717, 1.165) is 12.8 Å². The zero-order valence-corrected chi connectivity index (χ0v) is 13.3. The average Bonchev–Trinajstić information content (AvgIpc) is 2.50. The number of aliphatic hydroxyl groups excluding tert-OH is 1. The Morgan fingerprint density at radius 2 is 2.00 bits per heavy atom. The molecule has 1 unspecified atom stereocenters. The van der Waals surface area contributed by atoms with E-state index < -0.39 is 9.84 Å². The van der Waals surface area contributed by atoms with Crippen LogP contribution in [-0.4, -0.2) is 38.3 Å². The van der Waals surface area contributed by atoms with Gasteiger partial charge in [-0.15, -0.1) is 0 Å². The van der Waals surface area contributed by atoms with Gasteiger partial charge in [0, 0.05) is 13.2 Å². The molecule has 0 heterocycles. The zero-order valence-electron chi connectivity index (χ0n) is 12.5. The molecule has 0 aliphatic rings. The van der Waals surface area contributed by atoms with Gasteiger partial charge >= 0.3 is 0 Å². The van der Waals surface area contributed by atoms with E-state index in [-0.39, 0.29) is 34.6 Å². The van der Waals surface area contributed by atoms with Crippen LogP contribution in [-0.2, 0) is 9.84 Å². The minimum atomic E-state index is -3.42. The Labute approximate surface area is 126 Å². The van der Waals surface area contributed by atoms with Crippen molar-refractivity contribution in [1.82, 2.24) is 5.32 Å². The topological polar surface area (TPSA) is 83.5 Å². The van der Waals surface area contributed by atoms with Crippen molar-refractivity contribution in [2.45, 2.75) is 31.6 Å². The molecule has 21 heavy (non-hydrogen) atoms. The molecule has 0 radical (unpaired) electrons. The number of hydrogen-bond donors (Lipinski definition) is 2. The van der Waals surface area contributed by atoms with Crippen molar-refractivity contribution >= 4 is 15.7 Å². The van der Waals surface area contributed by atoms with Crippen LogP contribution in [0, 0.1) is 5.92 Å². The van der Waals surface area contributed by atoms with Crippen LogP contribution >= 0.6 is 0 Å². The smallest absolute Gasteiger partial charge is 0.252 e. The van der Waals surface area contributed by atoms with Crippen LogP contribution in [0.5, 0.6) is 0 Å². The third kappa shape index (κ3) is 5.13. The van der Waals surface area contributed by atoms with Crippen LogP contribution in [0.25, 0.3) is 0 Å². The van der Waals surface area contributed by atoms with E-state index in [9.17, 15) is 13.2 Å². The van der Waals surface area contributed by atoms with E-state index in [1.807, 2.05) is 6.92 Å². The predicted octanol–water partition coefficient (Wildman–Crippen LogP) is 1.62. The van der Waals surface area contributed by atoms with Gasteiger partial charge in [0.05, 0.1) is 16.2 Å². The summed E-state index contributed by atoms with van der Waals surface area (Å²) in [6.07, 6.45) is 1.56. The Bertz CT molecular complexity index is 569. The maximum absolute atomic E-state index is 12.1. The summed E-state index contributed by atoms with van der Waals surface area (Å²) in [7, 11) is -3.42. The lowest BCUT2D eigenvalue weighted by Crippen LogP contribution is -2.26. The van der Waals surface area contributed by atoms with Crippen molar-refractivity contribution in [2.75, 3.05) is 18.9 Å². The lowest BCUT2D eigenvalue weighted by atomic mass is 10.1. The standard InChI is InChI=1S/C15H23NO4S/c1-3-21(19,20)14-9-5-4-8-13(14)15(18)16-10-6-7-12(2)11-17/h4-5,8-9,12,17H,3,6-7,10-11H2,1-2H3,(H,16,18). The number of hydrogen-bond acceptors (Lipinski definition) is 4. The molecule has 1 amide bonds. The van der Waals surface area contributed by atoms with Crippen molar-refractivity contribution < 1.29 is 18.3 Å². The van der Waals surface area contributed by atoms with E-state index in [2.05, 4.69) is 5.32 Å². The Morgan fingerprint density at radius 3 is 2.62 bits per heavy atom. The van der Waals surface area contributed by atoms with Gasteiger partial charge in [-0.1, -0.05) is 26.0 Å². The fraction of sp³-hybridized carbons (Fsp3) is 0.533. The number of rotatable bonds is 8. The Balaban J connectivity index is 2.71. The second-order valence-corrected chi connectivity index (χ2v) is 7.33. The monoisotopic (exact) mass is 313 g/mol. The summed E-state index contributed by atoms with van der Waals surface area (Å²) < 4.78 is 24.0. The lowest BCUT2D eigenvalue weighted by Gasteiger charge is -2.11. The summed E-state index contributed by atoms with van der Waals surface area (Å²) in [4.78, 5) is 12.2. The van der Waals surface area contributed by atoms with Gasteiger partial charge in [0.25, 0.3) is 5.91 Å². The largest absolute Gasteiger partial charge is 0.396 e. The van der Waals surface area contributed by atoms with Gasteiger partial charge in [-0.05, 0) is 30.9 Å². The first-order valence-corrected chi connectivity index (χ1v) is 8.78. The minimum absolute atomic E-state index is 0.0364. The second kappa shape index (κ2) is 8.14. The van der Waals surface area contributed by atoms with E-state index in [1.165, 1.54) is 12.1 Å². The van der Waals surface area contributed by atoms with Crippen LogP contribution in [0.3, 0.4) is 0 Å². The summed E-state index contributed by atoms with van der Waals surface area (Å²) in [5.74, 6) is -0.209. The molecule has 1 atom stereocenters. The highest BCUT2D eigenvalue weighted by Gasteiger charge is 2.20. The van der Waals surface area contributed by atoms with Crippen LogP contribution in [0.15, 0.2) is 29.2 Å². The third-order valence-corrected chi connectivity index (χ3v) is 5.10. The maximum atomic E-state index is 12.1. The average molecular weight is 313 g/mol. The molecule has 118 valence electrons. The Hall–Kier alpha value is -1.40. The van der Waals surface area contributed by atoms with E-state index in [0.29, 0.717) is 6.54 Å². The quantitative estimate of drug-likeness (QED) is 0.714. The third-order valence-electron chi connectivity index (χ3n) is 3.32. The van der Waals surface area contributed by atoms with Gasteiger partial charge in [-0.25, -0.2) is 8.42 Å². The highest BCUT2D eigenvalue weighted by Crippen LogP contribution is 2.17. The van der Waals surface area contributed by atoms with Crippen LogP contribution < -0.4 is 5.32 Å². The highest BCUT2D eigenvalue weighted by atomic mass is 32.2. The van der Waals surface area contributed by atoms with Gasteiger partial charge in [0.1, 0.15) is 0 Å². The van der Waals surface area contributed by atoms with Crippen molar-refractivity contribution in [3.05, 3.63) is 29.8 Å². The van der Waals surface area contributed by atoms with E-state index >= 15 is 0 Å². The van der Waals surface area contributed by atoms with Crippen LogP contribution in [0.1, 0.15) is 37.0 Å². The Morgan fingerprint density at radius 1 is 1.33 bits per heavy atom. The van der Waals surface area contributed by atoms with Crippen LogP contribution in [0.2, 0.25) is 0 Å². The summed E-state index contributed by atoms with van der Waals surface area (Å²) in [5, 5.41) is 11.7. The van der Waals surface area contributed by atoms with Gasteiger partial charge in [-0.2, -0.15) is 0 Å². The number of sulfone groups is 1. The summed E-state index contributed by atoms with van der Waals surface area (Å²) in [5.41, 5.74) is 0.189. The maximum Gasteiger partial charge on any atom is 0.252 e. The van der Waals surface area contributed by atoms with Gasteiger partial charge < -0.3 is 10.4 Å². The molecule has 0 fully saturated rings. The molecule has 6 heteroatoms. The molecule has 0 aliphatic heterocycles. The van der Waals surface area contributed by atoms with Crippen LogP contribution in [0.4, 0.5) is 0 Å². The molecule has 2 N–H and O–H groups in total. The number of carbonyl (C=O) groups excluding carboxylic acids is 1. The molecule has 0 saturated carbocycles. The molecule has 1 aromatic rings. The summed E-state index contributed by atoms with van der Waals surface area (Å²) >= 11 is 0. The normalized spacial score (nSPS) is 12.9. The van der Waals surface area contributed by atoms with Crippen molar-refractivity contribution in [1.29, 1.82) is 0 Å². The zero-order chi connectivity index (χ0) is 15.9. The summed E-state index contributed by atoms with van der Waals surface area (Å²) in [6.45, 7) is 4.08. The molecular weight excluding hydrogens is 290 g/mol. The second-order valence-electron chi connectivity index (χ2n) is 5.09. The summed E-state index contributed by atoms with van der Waals surface area (Å²) in [6, 6.07) is 6.25. The first kappa shape index (κ1) is 17.7. The van der Waals surface area contributed by atoms with Crippen molar-refractivity contribution in [2.24, 2.45) is 5.92 Å². The van der Waals surface area contributed by atoms with E-state index in [1.54, 1.807) is 19.1 Å². The molecule has 0 saturated heterocycles. The Kier molecular flexibility index (Phi) is 6.84. The number of aliphatic hydroxyl groups is 1. The predicted molar refractivity (Wildman–Crippen MR) is 82.0 cm³/mol. The lowest BCUT2D eigenvalue weighted by molar-refractivity contribution is 0.0949. The molecule has 0 aromatic heterocycles. The SMILES string of the molecule is CCS(=O)(=O)c1ccccc1C(=O)NCCCC(C)CO. The number of amides is 1. The number of benzene rings is 1. The number of carbonyl (C=O) groups is 1. The fourth-order valence-corrected chi connectivity index (χ4v) is 3.01. The molecule has 0 aliphatic carbocycles. The molecular formula is C15H23NO4S. The molecule has 0 bridgehead atoms. The minimum Gasteiger partial charge on any atom is -0.396 e. The van der Waals surface area contributed by atoms with Gasteiger partial charge in [0.15, 0.2) is 9.84 Å². The van der Waals surface area contributed by atoms with Crippen molar-refractivity contribution in [3.63, 3.8) is 0 Å². The number of nitrogens with one attached hydrogen (secondary N) is 1. The van der Waals surface area contributed by atoms with E-state index in [4.69, 9.17) is 5.11 Å². The first-order chi connectivity index (χ1) is 9.92. The highest BCUT2D eigenvalue weighted by molar-refractivity contribution is 7.91. The van der Waals surface area contributed by atoms with Gasteiger partial charge in [-0.3, -0.25) is 4.79 Å². The molecule has 1 rings (SSSR count).